The number of benzene rings is 1. The van der Waals surface area contributed by atoms with Crippen LogP contribution in [0.2, 0.25) is 0 Å². The second kappa shape index (κ2) is 5.81. The average Bonchev–Trinajstić information content (AvgIpc) is 2.26. The molecule has 1 N–H and O–H groups in total. The molecule has 0 bridgehead atoms. The Bertz CT molecular complexity index is 319. The number of thioether (sulfide) groups is 1. The molecule has 1 rings (SSSR count). The smallest absolute Gasteiger partial charge is 0.313 e. The van der Waals surface area contributed by atoms with Gasteiger partial charge in [-0.2, -0.15) is 0 Å². The van der Waals surface area contributed by atoms with Crippen molar-refractivity contribution >= 4 is 17.7 Å². The van der Waals surface area contributed by atoms with Crippen LogP contribution in [-0.2, 0) is 4.79 Å². The van der Waals surface area contributed by atoms with Gasteiger partial charge in [-0.25, -0.2) is 0 Å². The molecule has 0 spiro atoms. The van der Waals surface area contributed by atoms with Crippen molar-refractivity contribution in [3.05, 3.63) is 29.8 Å². The minimum atomic E-state index is -0.772. The van der Waals surface area contributed by atoms with Gasteiger partial charge in [0.05, 0.1) is 5.75 Å². The van der Waals surface area contributed by atoms with E-state index in [-0.39, 0.29) is 5.75 Å². The van der Waals surface area contributed by atoms with E-state index in [0.717, 1.165) is 11.3 Å². The third-order valence-electron chi connectivity index (χ3n) is 2.42. The number of rotatable bonds is 5. The molecule has 0 saturated heterocycles. The topological polar surface area (TPSA) is 37.3 Å². The first-order valence-corrected chi connectivity index (χ1v) is 6.06. The van der Waals surface area contributed by atoms with E-state index in [1.54, 1.807) is 0 Å². The Morgan fingerprint density at radius 3 is 2.47 bits per heavy atom. The summed E-state index contributed by atoms with van der Waals surface area (Å²) in [7, 11) is 0. The highest BCUT2D eigenvalue weighted by Crippen LogP contribution is 2.23. The minimum absolute atomic E-state index is 0.128. The zero-order chi connectivity index (χ0) is 11.3. The van der Waals surface area contributed by atoms with E-state index in [1.165, 1.54) is 17.3 Å². The van der Waals surface area contributed by atoms with Crippen molar-refractivity contribution in [2.45, 2.75) is 31.1 Å². The summed E-state index contributed by atoms with van der Waals surface area (Å²) >= 11 is 1.36. The highest BCUT2D eigenvalue weighted by atomic mass is 32.2. The molecule has 1 atom stereocenters. The molecule has 0 saturated carbocycles. The van der Waals surface area contributed by atoms with Gasteiger partial charge in [-0.3, -0.25) is 4.79 Å². The van der Waals surface area contributed by atoms with Crippen molar-refractivity contribution < 1.29 is 9.90 Å². The summed E-state index contributed by atoms with van der Waals surface area (Å²) in [5.74, 6) is -0.0719. The molecule has 0 heterocycles. The van der Waals surface area contributed by atoms with Crippen molar-refractivity contribution in [1.29, 1.82) is 0 Å². The zero-order valence-electron chi connectivity index (χ0n) is 9.06. The Hall–Kier alpha value is -0.960. The van der Waals surface area contributed by atoms with E-state index in [1.807, 2.05) is 12.1 Å². The van der Waals surface area contributed by atoms with Crippen LogP contribution in [0.4, 0.5) is 0 Å². The molecule has 1 aromatic carbocycles. The lowest BCUT2D eigenvalue weighted by molar-refractivity contribution is -0.133. The van der Waals surface area contributed by atoms with Crippen LogP contribution in [0.25, 0.3) is 0 Å². The zero-order valence-corrected chi connectivity index (χ0v) is 9.88. The predicted octanol–water partition coefficient (Wildman–Crippen LogP) is 3.38. The van der Waals surface area contributed by atoms with E-state index >= 15 is 0 Å². The molecule has 0 fully saturated rings. The summed E-state index contributed by atoms with van der Waals surface area (Å²) in [4.78, 5) is 11.4. The summed E-state index contributed by atoms with van der Waals surface area (Å²) in [5, 5.41) is 8.53. The van der Waals surface area contributed by atoms with Crippen LogP contribution in [0.1, 0.15) is 31.7 Å². The third-order valence-corrected chi connectivity index (χ3v) is 3.42. The molecule has 2 nitrogen and oxygen atoms in total. The molecule has 15 heavy (non-hydrogen) atoms. The molecule has 0 aliphatic heterocycles. The fourth-order valence-corrected chi connectivity index (χ4v) is 1.89. The lowest BCUT2D eigenvalue weighted by atomic mass is 9.99. The first-order valence-electron chi connectivity index (χ1n) is 5.08. The van der Waals surface area contributed by atoms with Crippen LogP contribution in [0.15, 0.2) is 29.2 Å². The van der Waals surface area contributed by atoms with Crippen LogP contribution in [0.3, 0.4) is 0 Å². The van der Waals surface area contributed by atoms with E-state index in [4.69, 9.17) is 5.11 Å². The number of hydrogen-bond acceptors (Lipinski definition) is 2. The predicted molar refractivity (Wildman–Crippen MR) is 63.5 cm³/mol. The van der Waals surface area contributed by atoms with Gasteiger partial charge in [-0.15, -0.1) is 11.8 Å². The van der Waals surface area contributed by atoms with Crippen LogP contribution in [-0.4, -0.2) is 16.8 Å². The maximum atomic E-state index is 10.4. The minimum Gasteiger partial charge on any atom is -0.481 e. The van der Waals surface area contributed by atoms with E-state index in [9.17, 15) is 4.79 Å². The van der Waals surface area contributed by atoms with Gasteiger partial charge in [0.15, 0.2) is 0 Å². The number of carboxylic acids is 1. The van der Waals surface area contributed by atoms with Crippen LogP contribution in [0.5, 0.6) is 0 Å². The summed E-state index contributed by atoms with van der Waals surface area (Å²) in [6.07, 6.45) is 1.13. The summed E-state index contributed by atoms with van der Waals surface area (Å²) < 4.78 is 0. The highest BCUT2D eigenvalue weighted by molar-refractivity contribution is 8.00. The number of carboxylic acid groups (broad SMARTS) is 1. The lowest BCUT2D eigenvalue weighted by Crippen LogP contribution is -1.97. The average molecular weight is 224 g/mol. The molecular formula is C12H16O2S. The molecule has 0 amide bonds. The fraction of sp³-hybridized carbons (Fsp3) is 0.417. The summed E-state index contributed by atoms with van der Waals surface area (Å²) in [6.45, 7) is 4.36. The molecule has 0 radical (unpaired) electrons. The van der Waals surface area contributed by atoms with Gasteiger partial charge in [0.1, 0.15) is 0 Å². The number of aliphatic carboxylic acids is 1. The quantitative estimate of drug-likeness (QED) is 0.779. The maximum absolute atomic E-state index is 10.4. The van der Waals surface area contributed by atoms with Gasteiger partial charge in [-0.05, 0) is 30.0 Å². The Morgan fingerprint density at radius 2 is 2.00 bits per heavy atom. The lowest BCUT2D eigenvalue weighted by Gasteiger charge is -2.09. The van der Waals surface area contributed by atoms with Crippen LogP contribution < -0.4 is 0 Å². The molecule has 0 aliphatic carbocycles. The van der Waals surface area contributed by atoms with Gasteiger partial charge < -0.3 is 5.11 Å². The Labute approximate surface area is 94.7 Å². The normalized spacial score (nSPS) is 12.4. The van der Waals surface area contributed by atoms with Crippen LogP contribution in [0, 0.1) is 0 Å². The Kier molecular flexibility index (Phi) is 4.69. The fourth-order valence-electron chi connectivity index (χ4n) is 1.27. The standard InChI is InChI=1S/C12H16O2S/c1-3-9(2)10-4-6-11(7-5-10)15-8-12(13)14/h4-7,9H,3,8H2,1-2H3,(H,13,14). The molecule has 1 aromatic rings. The largest absolute Gasteiger partial charge is 0.481 e. The third kappa shape index (κ3) is 3.96. The first-order chi connectivity index (χ1) is 7.13. The maximum Gasteiger partial charge on any atom is 0.313 e. The monoisotopic (exact) mass is 224 g/mol. The Morgan fingerprint density at radius 1 is 1.40 bits per heavy atom. The van der Waals surface area contributed by atoms with Gasteiger partial charge >= 0.3 is 5.97 Å². The van der Waals surface area contributed by atoms with Gasteiger partial charge in [0.25, 0.3) is 0 Å². The molecule has 0 aromatic heterocycles. The summed E-state index contributed by atoms with van der Waals surface area (Å²) in [6, 6.07) is 8.15. The van der Waals surface area contributed by atoms with Crippen molar-refractivity contribution in [3.63, 3.8) is 0 Å². The van der Waals surface area contributed by atoms with E-state index < -0.39 is 5.97 Å². The van der Waals surface area contributed by atoms with Gasteiger partial charge in [0, 0.05) is 4.90 Å². The summed E-state index contributed by atoms with van der Waals surface area (Å²) in [5.41, 5.74) is 1.32. The van der Waals surface area contributed by atoms with Crippen molar-refractivity contribution in [2.75, 3.05) is 5.75 Å². The van der Waals surface area contributed by atoms with E-state index in [0.29, 0.717) is 5.92 Å². The van der Waals surface area contributed by atoms with Crippen molar-refractivity contribution in [3.8, 4) is 0 Å². The van der Waals surface area contributed by atoms with Crippen LogP contribution >= 0.6 is 11.8 Å². The molecule has 0 aliphatic rings. The molecule has 82 valence electrons. The number of carbonyl (C=O) groups is 1. The molecule has 1 unspecified atom stereocenters. The SMILES string of the molecule is CCC(C)c1ccc(SCC(=O)O)cc1. The van der Waals surface area contributed by atoms with Crippen molar-refractivity contribution in [2.24, 2.45) is 0 Å². The second-order valence-corrected chi connectivity index (χ2v) is 4.61. The molecular weight excluding hydrogens is 208 g/mol. The number of hydrogen-bond donors (Lipinski definition) is 1. The highest BCUT2D eigenvalue weighted by Gasteiger charge is 2.03. The van der Waals surface area contributed by atoms with E-state index in [2.05, 4.69) is 26.0 Å². The van der Waals surface area contributed by atoms with Gasteiger partial charge in [-0.1, -0.05) is 26.0 Å². The van der Waals surface area contributed by atoms with Crippen molar-refractivity contribution in [1.82, 2.24) is 0 Å². The first kappa shape index (κ1) is 12.1. The van der Waals surface area contributed by atoms with Gasteiger partial charge in [0.2, 0.25) is 0 Å². The Balaban J connectivity index is 2.60. The molecule has 3 heteroatoms. The second-order valence-electron chi connectivity index (χ2n) is 3.56.